The van der Waals surface area contributed by atoms with Crippen molar-refractivity contribution in [1.82, 2.24) is 5.32 Å². The van der Waals surface area contributed by atoms with Crippen LogP contribution >= 0.6 is 0 Å². The molecule has 0 aromatic heterocycles. The molecule has 1 aromatic rings. The van der Waals surface area contributed by atoms with E-state index in [1.165, 1.54) is 18.2 Å². The molecule has 5 heteroatoms. The van der Waals surface area contributed by atoms with Gasteiger partial charge in [0.15, 0.2) is 0 Å². The number of aliphatic hydroxyl groups is 1. The Hall–Kier alpha value is -1.62. The highest BCUT2D eigenvalue weighted by Gasteiger charge is 2.29. The molecule has 0 aliphatic heterocycles. The van der Waals surface area contributed by atoms with Gasteiger partial charge < -0.3 is 16.2 Å². The highest BCUT2D eigenvalue weighted by atomic mass is 19.1. The number of amides is 1. The van der Waals surface area contributed by atoms with Gasteiger partial charge in [-0.15, -0.1) is 0 Å². The third kappa shape index (κ3) is 1.99. The summed E-state index contributed by atoms with van der Waals surface area (Å²) >= 11 is 0. The number of anilines is 1. The lowest BCUT2D eigenvalue weighted by Gasteiger charge is -2.32. The number of halogens is 1. The van der Waals surface area contributed by atoms with E-state index in [2.05, 4.69) is 5.32 Å². The molecule has 0 bridgehead atoms. The first kappa shape index (κ1) is 10.9. The molecule has 0 atom stereocenters. The van der Waals surface area contributed by atoms with Crippen molar-refractivity contribution in [2.45, 2.75) is 25.0 Å². The van der Waals surface area contributed by atoms with Crippen molar-refractivity contribution >= 4 is 11.6 Å². The Kier molecular flexibility index (Phi) is 2.78. The Labute approximate surface area is 92.3 Å². The molecule has 0 spiro atoms. The number of aliphatic hydroxyl groups excluding tert-OH is 1. The molecule has 0 unspecified atom stereocenters. The van der Waals surface area contributed by atoms with Gasteiger partial charge in [0.05, 0.1) is 17.4 Å². The first-order valence-electron chi connectivity index (χ1n) is 5.11. The zero-order valence-electron chi connectivity index (χ0n) is 8.61. The van der Waals surface area contributed by atoms with Crippen molar-refractivity contribution in [3.8, 4) is 0 Å². The zero-order chi connectivity index (χ0) is 11.7. The molecule has 2 rings (SSSR count). The predicted octanol–water partition coefficient (Wildman–Crippen LogP) is 0.661. The summed E-state index contributed by atoms with van der Waals surface area (Å²) in [5, 5.41) is 11.8. The van der Waals surface area contributed by atoms with E-state index in [-0.39, 0.29) is 23.4 Å². The number of para-hydroxylation sites is 1. The lowest BCUT2D eigenvalue weighted by atomic mass is 9.89. The third-order valence-electron chi connectivity index (χ3n) is 2.75. The lowest BCUT2D eigenvalue weighted by Crippen LogP contribution is -2.46. The van der Waals surface area contributed by atoms with Gasteiger partial charge in [-0.3, -0.25) is 4.79 Å². The fourth-order valence-electron chi connectivity index (χ4n) is 1.70. The van der Waals surface area contributed by atoms with E-state index in [4.69, 9.17) is 10.8 Å². The summed E-state index contributed by atoms with van der Waals surface area (Å²) < 4.78 is 13.1. The van der Waals surface area contributed by atoms with Gasteiger partial charge in [0.25, 0.3) is 5.91 Å². The second-order valence-corrected chi connectivity index (χ2v) is 4.00. The molecule has 4 nitrogen and oxygen atoms in total. The summed E-state index contributed by atoms with van der Waals surface area (Å²) in [6, 6.07) is 4.09. The summed E-state index contributed by atoms with van der Waals surface area (Å²) in [6.07, 6.45) is 0.747. The monoisotopic (exact) mass is 224 g/mol. The Balaban J connectivity index is 2.06. The van der Waals surface area contributed by atoms with Gasteiger partial charge in [0.2, 0.25) is 0 Å². The second-order valence-electron chi connectivity index (χ2n) is 4.00. The van der Waals surface area contributed by atoms with E-state index in [1.807, 2.05) is 0 Å². The van der Waals surface area contributed by atoms with Gasteiger partial charge in [-0.2, -0.15) is 0 Å². The number of benzene rings is 1. The highest BCUT2D eigenvalue weighted by molar-refractivity contribution is 5.99. The van der Waals surface area contributed by atoms with Crippen LogP contribution in [-0.4, -0.2) is 23.2 Å². The van der Waals surface area contributed by atoms with Crippen LogP contribution in [0.3, 0.4) is 0 Å². The normalized spacial score (nSPS) is 23.6. The Morgan fingerprint density at radius 1 is 1.50 bits per heavy atom. The first-order chi connectivity index (χ1) is 7.58. The average molecular weight is 224 g/mol. The minimum Gasteiger partial charge on any atom is -0.396 e. The molecule has 16 heavy (non-hydrogen) atoms. The van der Waals surface area contributed by atoms with Crippen molar-refractivity contribution in [2.24, 2.45) is 0 Å². The summed E-state index contributed by atoms with van der Waals surface area (Å²) in [7, 11) is 0. The summed E-state index contributed by atoms with van der Waals surface area (Å²) in [6.45, 7) is 0. The number of hydrogen-bond acceptors (Lipinski definition) is 3. The van der Waals surface area contributed by atoms with Gasteiger partial charge in [-0.25, -0.2) is 4.39 Å². The number of rotatable bonds is 2. The van der Waals surface area contributed by atoms with E-state index in [9.17, 15) is 9.18 Å². The summed E-state index contributed by atoms with van der Waals surface area (Å²) in [5.74, 6) is -0.991. The molecule has 4 N–H and O–H groups in total. The van der Waals surface area contributed by atoms with Gasteiger partial charge in [-0.1, -0.05) is 6.07 Å². The van der Waals surface area contributed by atoms with Crippen LogP contribution in [0.2, 0.25) is 0 Å². The van der Waals surface area contributed by atoms with Crippen LogP contribution in [0.5, 0.6) is 0 Å². The van der Waals surface area contributed by atoms with Crippen LogP contribution in [0.25, 0.3) is 0 Å². The van der Waals surface area contributed by atoms with Crippen LogP contribution in [0.1, 0.15) is 23.2 Å². The highest BCUT2D eigenvalue weighted by Crippen LogP contribution is 2.21. The lowest BCUT2D eigenvalue weighted by molar-refractivity contribution is 0.0563. The van der Waals surface area contributed by atoms with Crippen LogP contribution in [0.4, 0.5) is 10.1 Å². The minimum absolute atomic E-state index is 0.0369. The topological polar surface area (TPSA) is 75.4 Å². The maximum absolute atomic E-state index is 13.1. The van der Waals surface area contributed by atoms with Gasteiger partial charge >= 0.3 is 0 Å². The fourth-order valence-corrected chi connectivity index (χ4v) is 1.70. The van der Waals surface area contributed by atoms with Crippen LogP contribution in [0, 0.1) is 5.82 Å². The first-order valence-corrected chi connectivity index (χ1v) is 5.11. The van der Waals surface area contributed by atoms with Crippen molar-refractivity contribution in [3.05, 3.63) is 29.6 Å². The van der Waals surface area contributed by atoms with Crippen LogP contribution in [0.15, 0.2) is 18.2 Å². The number of nitrogen functional groups attached to an aromatic ring is 1. The summed E-state index contributed by atoms with van der Waals surface area (Å²) in [5.41, 5.74) is 5.46. The minimum atomic E-state index is -0.596. The third-order valence-corrected chi connectivity index (χ3v) is 2.75. The molecule has 0 radical (unpaired) electrons. The molecule has 1 aliphatic carbocycles. The number of hydrogen-bond donors (Lipinski definition) is 3. The SMILES string of the molecule is Nc1c(F)cccc1C(=O)NC1CC(O)C1. The van der Waals surface area contributed by atoms with Gasteiger partial charge in [0.1, 0.15) is 5.82 Å². The van der Waals surface area contributed by atoms with Gasteiger partial charge in [-0.05, 0) is 25.0 Å². The number of carbonyl (C=O) groups is 1. The van der Waals surface area contributed by atoms with E-state index in [0.717, 1.165) is 0 Å². The molecule has 1 aliphatic rings. The van der Waals surface area contributed by atoms with Crippen molar-refractivity contribution in [3.63, 3.8) is 0 Å². The number of nitrogens with two attached hydrogens (primary N) is 1. The van der Waals surface area contributed by atoms with E-state index < -0.39 is 11.7 Å². The number of nitrogens with one attached hydrogen (secondary N) is 1. The van der Waals surface area contributed by atoms with Gasteiger partial charge in [0, 0.05) is 6.04 Å². The second kappa shape index (κ2) is 4.09. The molecule has 1 fully saturated rings. The Morgan fingerprint density at radius 2 is 2.19 bits per heavy atom. The zero-order valence-corrected chi connectivity index (χ0v) is 8.61. The molecule has 1 saturated carbocycles. The average Bonchev–Trinajstić information content (AvgIpc) is 2.19. The van der Waals surface area contributed by atoms with Crippen molar-refractivity contribution in [2.75, 3.05) is 5.73 Å². The van der Waals surface area contributed by atoms with E-state index in [0.29, 0.717) is 12.8 Å². The maximum Gasteiger partial charge on any atom is 0.253 e. The summed E-state index contributed by atoms with van der Waals surface area (Å²) in [4.78, 5) is 11.7. The molecule has 0 heterocycles. The quantitative estimate of drug-likeness (QED) is 0.646. The fraction of sp³-hybridized carbons (Fsp3) is 0.364. The largest absolute Gasteiger partial charge is 0.396 e. The smallest absolute Gasteiger partial charge is 0.253 e. The van der Waals surface area contributed by atoms with Crippen LogP contribution in [-0.2, 0) is 0 Å². The Morgan fingerprint density at radius 3 is 2.81 bits per heavy atom. The molecule has 1 amide bonds. The van der Waals surface area contributed by atoms with E-state index >= 15 is 0 Å². The molecular formula is C11H13FN2O2. The van der Waals surface area contributed by atoms with Crippen molar-refractivity contribution < 1.29 is 14.3 Å². The van der Waals surface area contributed by atoms with Crippen LogP contribution < -0.4 is 11.1 Å². The van der Waals surface area contributed by atoms with Crippen molar-refractivity contribution in [1.29, 1.82) is 0 Å². The standard InChI is InChI=1S/C11H13FN2O2/c12-9-3-1-2-8(10(9)13)11(16)14-6-4-7(15)5-6/h1-3,6-7,15H,4-5,13H2,(H,14,16). The van der Waals surface area contributed by atoms with E-state index in [1.54, 1.807) is 0 Å². The Bertz CT molecular complexity index is 416. The molecule has 1 aromatic carbocycles. The maximum atomic E-state index is 13.1. The number of carbonyl (C=O) groups excluding carboxylic acids is 1. The predicted molar refractivity (Wildman–Crippen MR) is 57.3 cm³/mol. The molecular weight excluding hydrogens is 211 g/mol. The molecule has 0 saturated heterocycles. The molecule has 86 valence electrons.